The third-order valence-corrected chi connectivity index (χ3v) is 7.06. The number of nitrogens with one attached hydrogen (secondary N) is 3. The van der Waals surface area contributed by atoms with Crippen LogP contribution in [0.4, 0.5) is 0 Å². The number of rotatable bonds is 12. The smallest absolute Gasteiger partial charge is 0.326 e. The summed E-state index contributed by atoms with van der Waals surface area (Å²) in [6, 6.07) is 11.4. The number of aromatic nitrogens is 2. The van der Waals surface area contributed by atoms with Crippen LogP contribution in [0.2, 0.25) is 0 Å². The molecule has 7 N–H and O–H groups in total. The number of phenolic OH excluding ortho intramolecular Hbond substituents is 1. The Kier molecular flexibility index (Phi) is 9.69. The van der Waals surface area contributed by atoms with E-state index in [9.17, 15) is 29.4 Å². The average molecular weight is 563 g/mol. The Morgan fingerprint density at radius 1 is 0.976 bits per heavy atom. The number of carbonyl (C=O) groups excluding carboxylic acids is 3. The highest BCUT2D eigenvalue weighted by molar-refractivity contribution is 5.94. The van der Waals surface area contributed by atoms with Gasteiger partial charge in [-0.1, -0.05) is 42.5 Å². The molecule has 4 atom stereocenters. The maximum atomic E-state index is 13.5. The summed E-state index contributed by atoms with van der Waals surface area (Å²) in [7, 11) is 0. The van der Waals surface area contributed by atoms with Gasteiger partial charge in [0.25, 0.3) is 0 Å². The molecule has 4 unspecified atom stereocenters. The van der Waals surface area contributed by atoms with Gasteiger partial charge in [0.05, 0.1) is 12.4 Å². The highest BCUT2D eigenvalue weighted by Crippen LogP contribution is 2.20. The molecule has 1 saturated heterocycles. The third kappa shape index (κ3) is 7.92. The highest BCUT2D eigenvalue weighted by atomic mass is 16.4. The number of H-pyrrole nitrogens is 1. The van der Waals surface area contributed by atoms with Gasteiger partial charge in [0.1, 0.15) is 23.9 Å². The normalized spacial score (nSPS) is 16.9. The molecule has 0 radical (unpaired) electrons. The van der Waals surface area contributed by atoms with E-state index in [1.54, 1.807) is 36.4 Å². The fourth-order valence-electron chi connectivity index (χ4n) is 4.90. The zero-order valence-corrected chi connectivity index (χ0v) is 22.4. The molecular formula is C29H34N6O6. The van der Waals surface area contributed by atoms with Crippen molar-refractivity contribution in [2.45, 2.75) is 56.3 Å². The minimum Gasteiger partial charge on any atom is -0.508 e. The molecule has 41 heavy (non-hydrogen) atoms. The van der Waals surface area contributed by atoms with Crippen LogP contribution in [0.3, 0.4) is 0 Å². The molecule has 12 heteroatoms. The van der Waals surface area contributed by atoms with Crippen LogP contribution in [0.1, 0.15) is 29.7 Å². The lowest BCUT2D eigenvalue weighted by molar-refractivity contribution is -0.143. The summed E-state index contributed by atoms with van der Waals surface area (Å²) in [6.45, 7) is 0.348. The number of carboxylic acids is 1. The number of nitrogens with two attached hydrogens (primary N) is 1. The first-order chi connectivity index (χ1) is 19.7. The van der Waals surface area contributed by atoms with Gasteiger partial charge in [0.2, 0.25) is 17.7 Å². The van der Waals surface area contributed by atoms with E-state index in [0.29, 0.717) is 25.1 Å². The van der Waals surface area contributed by atoms with Gasteiger partial charge < -0.3 is 36.5 Å². The van der Waals surface area contributed by atoms with Gasteiger partial charge in [-0.2, -0.15) is 0 Å². The molecule has 216 valence electrons. The molecule has 0 bridgehead atoms. The molecule has 3 aromatic rings. The van der Waals surface area contributed by atoms with Crippen molar-refractivity contribution >= 4 is 23.7 Å². The van der Waals surface area contributed by atoms with Crippen LogP contribution in [0.5, 0.6) is 5.75 Å². The van der Waals surface area contributed by atoms with Crippen molar-refractivity contribution in [3.8, 4) is 5.75 Å². The van der Waals surface area contributed by atoms with Crippen LogP contribution in [-0.4, -0.2) is 79.5 Å². The van der Waals surface area contributed by atoms with Crippen molar-refractivity contribution in [1.82, 2.24) is 25.5 Å². The number of hydrogen-bond acceptors (Lipinski definition) is 7. The topological polar surface area (TPSA) is 191 Å². The van der Waals surface area contributed by atoms with Crippen LogP contribution < -0.4 is 16.4 Å². The lowest BCUT2D eigenvalue weighted by Crippen LogP contribution is -2.57. The molecule has 4 rings (SSSR count). The number of likely N-dealkylation sites (tertiary alicyclic amines) is 1. The molecule has 2 heterocycles. The predicted molar refractivity (Wildman–Crippen MR) is 148 cm³/mol. The fourth-order valence-corrected chi connectivity index (χ4v) is 4.90. The molecule has 0 aliphatic carbocycles. The summed E-state index contributed by atoms with van der Waals surface area (Å²) >= 11 is 0. The lowest BCUT2D eigenvalue weighted by atomic mass is 10.0. The van der Waals surface area contributed by atoms with Gasteiger partial charge >= 0.3 is 5.97 Å². The molecule has 1 aliphatic heterocycles. The zero-order valence-electron chi connectivity index (χ0n) is 22.4. The first-order valence-corrected chi connectivity index (χ1v) is 13.4. The standard InChI is InChI=1S/C29H34N6O6/c30-22(13-19-8-10-21(36)11-9-19)28(39)35-12-4-7-25(35)27(38)33-23(14-18-5-2-1-3-6-18)26(37)34-24(29(40)41)15-20-16-31-17-32-20/h1-3,5-6,8-11,16-17,22-25,36H,4,7,12-15,30H2,(H,31,32)(H,33,38)(H,34,37)(H,40,41). The Morgan fingerprint density at radius 3 is 2.34 bits per heavy atom. The van der Waals surface area contributed by atoms with E-state index < -0.39 is 42.0 Å². The minimum absolute atomic E-state index is 0.0170. The Balaban J connectivity index is 1.46. The monoisotopic (exact) mass is 562 g/mol. The Labute approximate surface area is 237 Å². The van der Waals surface area contributed by atoms with Gasteiger partial charge in [-0.15, -0.1) is 0 Å². The van der Waals surface area contributed by atoms with E-state index in [2.05, 4.69) is 20.6 Å². The van der Waals surface area contributed by atoms with Gasteiger partial charge in [0, 0.05) is 31.3 Å². The summed E-state index contributed by atoms with van der Waals surface area (Å²) in [4.78, 5) is 60.1. The fraction of sp³-hybridized carbons (Fsp3) is 0.345. The SMILES string of the molecule is NC(Cc1ccc(O)cc1)C(=O)N1CCCC1C(=O)NC(Cc1ccccc1)C(=O)NC(Cc1cnc[nH]1)C(=O)O. The molecular weight excluding hydrogens is 528 g/mol. The summed E-state index contributed by atoms with van der Waals surface area (Å²) in [6.07, 6.45) is 4.23. The lowest BCUT2D eigenvalue weighted by Gasteiger charge is -2.29. The number of carboxylic acid groups (broad SMARTS) is 1. The largest absolute Gasteiger partial charge is 0.508 e. The van der Waals surface area contributed by atoms with Gasteiger partial charge in [-0.05, 0) is 42.5 Å². The van der Waals surface area contributed by atoms with Crippen LogP contribution in [0.25, 0.3) is 0 Å². The molecule has 0 spiro atoms. The third-order valence-electron chi connectivity index (χ3n) is 7.06. The first-order valence-electron chi connectivity index (χ1n) is 13.4. The Bertz CT molecular complexity index is 1330. The van der Waals surface area contributed by atoms with Gasteiger partial charge in [-0.3, -0.25) is 14.4 Å². The first kappa shape index (κ1) is 29.3. The molecule has 1 aliphatic rings. The van der Waals surface area contributed by atoms with Crippen LogP contribution in [0.15, 0.2) is 67.1 Å². The van der Waals surface area contributed by atoms with Gasteiger partial charge in [0.15, 0.2) is 0 Å². The second-order valence-electron chi connectivity index (χ2n) is 10.1. The van der Waals surface area contributed by atoms with E-state index in [-0.39, 0.29) is 30.9 Å². The van der Waals surface area contributed by atoms with Crippen molar-refractivity contribution in [2.75, 3.05) is 6.54 Å². The average Bonchev–Trinajstić information content (AvgIpc) is 3.66. The number of benzene rings is 2. The zero-order chi connectivity index (χ0) is 29.4. The summed E-state index contributed by atoms with van der Waals surface area (Å²) in [5.74, 6) is -2.67. The van der Waals surface area contributed by atoms with E-state index in [1.807, 2.05) is 6.07 Å². The van der Waals surface area contributed by atoms with Crippen molar-refractivity contribution < 1.29 is 29.4 Å². The number of aliphatic carboxylic acids is 1. The Hall–Kier alpha value is -4.71. The number of amides is 3. The number of phenols is 1. The maximum absolute atomic E-state index is 13.5. The van der Waals surface area contributed by atoms with E-state index in [1.165, 1.54) is 29.6 Å². The van der Waals surface area contributed by atoms with Crippen molar-refractivity contribution in [3.05, 3.63) is 83.9 Å². The van der Waals surface area contributed by atoms with Crippen LogP contribution in [-0.2, 0) is 38.4 Å². The van der Waals surface area contributed by atoms with Crippen LogP contribution in [0, 0.1) is 0 Å². The molecule has 1 aromatic heterocycles. The second kappa shape index (κ2) is 13.6. The number of imidazole rings is 1. The maximum Gasteiger partial charge on any atom is 0.326 e. The molecule has 3 amide bonds. The molecule has 1 fully saturated rings. The Morgan fingerprint density at radius 2 is 1.68 bits per heavy atom. The second-order valence-corrected chi connectivity index (χ2v) is 10.1. The van der Waals surface area contributed by atoms with Crippen molar-refractivity contribution in [2.24, 2.45) is 5.73 Å². The summed E-state index contributed by atoms with van der Waals surface area (Å²) in [5, 5.41) is 24.5. The van der Waals surface area contributed by atoms with E-state index >= 15 is 0 Å². The number of carbonyl (C=O) groups is 4. The number of hydrogen-bond donors (Lipinski definition) is 6. The van der Waals surface area contributed by atoms with Gasteiger partial charge in [-0.25, -0.2) is 9.78 Å². The summed E-state index contributed by atoms with van der Waals surface area (Å²) < 4.78 is 0. The quantitative estimate of drug-likeness (QED) is 0.184. The summed E-state index contributed by atoms with van der Waals surface area (Å²) in [5.41, 5.74) is 8.28. The van der Waals surface area contributed by atoms with E-state index in [4.69, 9.17) is 5.73 Å². The van der Waals surface area contributed by atoms with Crippen LogP contribution >= 0.6 is 0 Å². The number of nitrogens with zero attached hydrogens (tertiary/aromatic N) is 2. The van der Waals surface area contributed by atoms with Crippen molar-refractivity contribution in [1.29, 1.82) is 0 Å². The van der Waals surface area contributed by atoms with E-state index in [0.717, 1.165) is 11.1 Å². The number of aromatic amines is 1. The molecule has 2 aromatic carbocycles. The number of aromatic hydroxyl groups is 1. The molecule has 0 saturated carbocycles. The van der Waals surface area contributed by atoms with Crippen molar-refractivity contribution in [3.63, 3.8) is 0 Å². The molecule has 12 nitrogen and oxygen atoms in total. The minimum atomic E-state index is -1.25. The predicted octanol–water partition coefficient (Wildman–Crippen LogP) is 0.516. The highest BCUT2D eigenvalue weighted by Gasteiger charge is 2.38.